The van der Waals surface area contributed by atoms with Gasteiger partial charge < -0.3 is 14.0 Å². The van der Waals surface area contributed by atoms with Crippen LogP contribution >= 0.6 is 0 Å². The molecule has 2 aromatic heterocycles. The number of rotatable bonds is 9. The normalized spacial score (nSPS) is 12.5. The van der Waals surface area contributed by atoms with Gasteiger partial charge in [0.15, 0.2) is 5.84 Å². The molecule has 0 aliphatic heterocycles. The molecule has 1 aliphatic carbocycles. The van der Waals surface area contributed by atoms with Gasteiger partial charge in [0.05, 0.1) is 16.6 Å². The molecule has 1 aliphatic rings. The largest absolute Gasteiger partial charge is 0.321 e. The molecule has 0 atom stereocenters. The molecule has 0 amide bonds. The quantitative estimate of drug-likeness (QED) is 0.106. The van der Waals surface area contributed by atoms with Crippen molar-refractivity contribution in [1.82, 2.24) is 9.13 Å². The highest BCUT2D eigenvalue weighted by molar-refractivity contribution is 6.16. The smallest absolute Gasteiger partial charge is 0.155 e. The van der Waals surface area contributed by atoms with Crippen molar-refractivity contribution < 1.29 is 0 Å². The van der Waals surface area contributed by atoms with Crippen molar-refractivity contribution >= 4 is 62.7 Å². The van der Waals surface area contributed by atoms with Crippen LogP contribution in [0.3, 0.4) is 0 Å². The first kappa shape index (κ1) is 37.0. The second-order valence-electron chi connectivity index (χ2n) is 15.8. The summed E-state index contributed by atoms with van der Waals surface area (Å²) in [5.74, 6) is 0.609. The molecule has 0 bridgehead atoms. The van der Waals surface area contributed by atoms with E-state index in [4.69, 9.17) is 4.99 Å². The molecule has 5 nitrogen and oxygen atoms in total. The van der Waals surface area contributed by atoms with Crippen molar-refractivity contribution in [3.63, 3.8) is 0 Å². The fourth-order valence-electron chi connectivity index (χ4n) is 9.31. The maximum Gasteiger partial charge on any atom is 0.155 e. The molecule has 0 N–H and O–H groups in total. The Bertz CT molecular complexity index is 3300. The van der Waals surface area contributed by atoms with Crippen LogP contribution in [0.2, 0.25) is 0 Å². The zero-order chi connectivity index (χ0) is 41.4. The molecule has 0 saturated carbocycles. The highest BCUT2D eigenvalue weighted by atomic mass is 15.2. The summed E-state index contributed by atoms with van der Waals surface area (Å²) < 4.78 is 4.88. The number of aromatic nitrogens is 2. The van der Waals surface area contributed by atoms with E-state index in [-0.39, 0.29) is 0 Å². The summed E-state index contributed by atoms with van der Waals surface area (Å²) in [4.78, 5) is 11.6. The van der Waals surface area contributed by atoms with Crippen molar-refractivity contribution in [2.24, 2.45) is 9.98 Å². The van der Waals surface area contributed by atoms with E-state index in [2.05, 4.69) is 202 Å². The van der Waals surface area contributed by atoms with Crippen LogP contribution in [-0.2, 0) is 6.42 Å². The van der Waals surface area contributed by atoms with Crippen molar-refractivity contribution in [3.8, 4) is 33.6 Å². The Kier molecular flexibility index (Phi) is 9.47. The topological polar surface area (TPSA) is 37.8 Å². The van der Waals surface area contributed by atoms with E-state index in [1.54, 1.807) is 0 Å². The Balaban J connectivity index is 1.01. The SMILES string of the molecule is C=N/C(=N\CN(c1ccc(-c2ccccc2)cc1)c1ccc(-n2c3ccccc3c3c(-c4ccc5c6c(n(-c7ccccc7)c5c4)CCC=C6)cccc32)cc1)c1ccccc1. The predicted molar refractivity (Wildman–Crippen MR) is 262 cm³/mol. The summed E-state index contributed by atoms with van der Waals surface area (Å²) in [6.45, 7) is 4.22. The Labute approximate surface area is 361 Å². The average molecular weight is 798 g/mol. The lowest BCUT2D eigenvalue weighted by Gasteiger charge is -2.24. The zero-order valence-electron chi connectivity index (χ0n) is 34.3. The number of fused-ring (bicyclic) bond motifs is 6. The van der Waals surface area contributed by atoms with Crippen molar-refractivity contribution in [2.45, 2.75) is 12.8 Å². The average Bonchev–Trinajstić information content (AvgIpc) is 3.87. The molecule has 5 heteroatoms. The minimum Gasteiger partial charge on any atom is -0.321 e. The van der Waals surface area contributed by atoms with Gasteiger partial charge in [0, 0.05) is 55.7 Å². The van der Waals surface area contributed by atoms with Crippen molar-refractivity contribution in [3.05, 3.63) is 223 Å². The van der Waals surface area contributed by atoms with Gasteiger partial charge in [-0.2, -0.15) is 0 Å². The van der Waals surface area contributed by atoms with Gasteiger partial charge in [-0.1, -0.05) is 146 Å². The fourth-order valence-corrected chi connectivity index (χ4v) is 9.31. The van der Waals surface area contributed by atoms with E-state index in [1.807, 2.05) is 36.4 Å². The van der Waals surface area contributed by atoms with Crippen LogP contribution in [-0.4, -0.2) is 28.4 Å². The van der Waals surface area contributed by atoms with E-state index in [1.165, 1.54) is 66.3 Å². The minimum absolute atomic E-state index is 0.364. The number of anilines is 2. The summed E-state index contributed by atoms with van der Waals surface area (Å²) in [6.07, 6.45) is 6.70. The summed E-state index contributed by atoms with van der Waals surface area (Å²) in [5.41, 5.74) is 16.3. The molecular formula is C57H43N5. The predicted octanol–water partition coefficient (Wildman–Crippen LogP) is 14.3. The Hall–Kier alpha value is -8.02. The third-order valence-electron chi connectivity index (χ3n) is 12.2. The number of amidine groups is 1. The number of aliphatic imine (C=N–C) groups is 2. The van der Waals surface area contributed by atoms with Crippen LogP contribution in [0, 0.1) is 0 Å². The summed E-state index contributed by atoms with van der Waals surface area (Å²) in [7, 11) is 0. The standard InChI is InChI=1S/C57H43N5/c1-58-57(42-18-7-3-8-19-42)59-39-60(44-31-28-41(29-32-44)40-16-5-2-6-17-40)45-33-35-47(36-34-45)61-53-26-14-12-23-51(53)56-48(24-15-27-54(56)61)43-30-37-50-49-22-11-13-25-52(49)62(55(50)38-43)46-20-9-4-10-21-46/h2-12,14-24,26-38H,1,13,25,39H2/b59-57-. The number of hydrogen-bond acceptors (Lipinski definition) is 2. The van der Waals surface area contributed by atoms with E-state index in [9.17, 15) is 0 Å². The van der Waals surface area contributed by atoms with Gasteiger partial charge in [0.25, 0.3) is 0 Å². The molecule has 0 fully saturated rings. The van der Waals surface area contributed by atoms with Crippen molar-refractivity contribution in [2.75, 3.05) is 11.6 Å². The van der Waals surface area contributed by atoms with Crippen LogP contribution in [0.5, 0.6) is 0 Å². The fraction of sp³-hybridized carbons (Fsp3) is 0.0526. The van der Waals surface area contributed by atoms with Gasteiger partial charge >= 0.3 is 0 Å². The molecule has 2 heterocycles. The van der Waals surface area contributed by atoms with Gasteiger partial charge in [0.2, 0.25) is 0 Å². The van der Waals surface area contributed by atoms with Gasteiger partial charge in [-0.05, 0) is 109 Å². The number of nitrogens with zero attached hydrogens (tertiary/aromatic N) is 5. The first-order valence-electron chi connectivity index (χ1n) is 21.3. The first-order valence-corrected chi connectivity index (χ1v) is 21.3. The second kappa shape index (κ2) is 15.9. The first-order chi connectivity index (χ1) is 30.7. The molecule has 0 radical (unpaired) electrons. The molecular weight excluding hydrogens is 755 g/mol. The van der Waals surface area contributed by atoms with Crippen molar-refractivity contribution in [1.29, 1.82) is 0 Å². The number of para-hydroxylation sites is 2. The van der Waals surface area contributed by atoms with Gasteiger partial charge in [-0.15, -0.1) is 0 Å². The lowest BCUT2D eigenvalue weighted by Crippen LogP contribution is -2.18. The maximum absolute atomic E-state index is 5.00. The van der Waals surface area contributed by atoms with E-state index < -0.39 is 0 Å². The Morgan fingerprint density at radius 2 is 1.16 bits per heavy atom. The minimum atomic E-state index is 0.364. The molecule has 62 heavy (non-hydrogen) atoms. The monoisotopic (exact) mass is 797 g/mol. The third-order valence-corrected chi connectivity index (χ3v) is 12.2. The Morgan fingerprint density at radius 3 is 1.92 bits per heavy atom. The second-order valence-corrected chi connectivity index (χ2v) is 15.8. The third kappa shape index (κ3) is 6.52. The molecule has 0 unspecified atom stereocenters. The lowest BCUT2D eigenvalue weighted by atomic mass is 9.97. The van der Waals surface area contributed by atoms with E-state index in [0.717, 1.165) is 41.0 Å². The van der Waals surface area contributed by atoms with Gasteiger partial charge in [0.1, 0.15) is 6.67 Å². The molecule has 296 valence electrons. The van der Waals surface area contributed by atoms with E-state index >= 15 is 0 Å². The van der Waals surface area contributed by atoms with Crippen LogP contribution in [0.4, 0.5) is 11.4 Å². The van der Waals surface area contributed by atoms with Crippen LogP contribution in [0.15, 0.2) is 216 Å². The number of allylic oxidation sites excluding steroid dienone is 1. The van der Waals surface area contributed by atoms with Crippen LogP contribution in [0.1, 0.15) is 23.2 Å². The highest BCUT2D eigenvalue weighted by Gasteiger charge is 2.21. The summed E-state index contributed by atoms with van der Waals surface area (Å²) >= 11 is 0. The number of benzene rings is 8. The highest BCUT2D eigenvalue weighted by Crippen LogP contribution is 2.42. The van der Waals surface area contributed by atoms with Crippen LogP contribution in [0.25, 0.3) is 72.4 Å². The Morgan fingerprint density at radius 1 is 0.532 bits per heavy atom. The van der Waals surface area contributed by atoms with Crippen LogP contribution < -0.4 is 4.90 Å². The molecule has 10 aromatic rings. The molecule has 8 aromatic carbocycles. The van der Waals surface area contributed by atoms with Gasteiger partial charge in [-0.25, -0.2) is 9.98 Å². The molecule has 0 saturated heterocycles. The lowest BCUT2D eigenvalue weighted by molar-refractivity contribution is 0.888. The zero-order valence-corrected chi connectivity index (χ0v) is 34.3. The number of hydrogen-bond donors (Lipinski definition) is 0. The molecule has 11 rings (SSSR count). The maximum atomic E-state index is 5.00. The molecule has 0 spiro atoms. The summed E-state index contributed by atoms with van der Waals surface area (Å²) in [5, 5.41) is 3.76. The summed E-state index contributed by atoms with van der Waals surface area (Å²) in [6, 6.07) is 71.4. The van der Waals surface area contributed by atoms with E-state index in [0.29, 0.717) is 12.5 Å². The van der Waals surface area contributed by atoms with Gasteiger partial charge in [-0.3, -0.25) is 0 Å².